The number of aliphatic hydroxyl groups is 1. The molecule has 0 amide bonds. The van der Waals surface area contributed by atoms with E-state index < -0.39 is 0 Å². The molecule has 1 aromatic carbocycles. The molecular weight excluding hydrogens is 236 g/mol. The molecule has 0 aliphatic rings. The highest BCUT2D eigenvalue weighted by atomic mass is 32.2. The molecular formula is C12H14N2O2S. The number of phenolic OH excluding ortho intramolecular Hbond substituents is 1. The standard InChI is InChI=1S/C12H14N2O2S/c1-8-11(7-15)12(14(2)13-8)17-10-5-3-4-9(16)6-10/h3-6,15-16H,7H2,1-2H3. The van der Waals surface area contributed by atoms with Gasteiger partial charge in [0.25, 0.3) is 0 Å². The molecule has 2 N–H and O–H groups in total. The van der Waals surface area contributed by atoms with Crippen LogP contribution < -0.4 is 0 Å². The zero-order valence-electron chi connectivity index (χ0n) is 9.71. The second-order valence-corrected chi connectivity index (χ2v) is 4.81. The number of hydrogen-bond donors (Lipinski definition) is 2. The van der Waals surface area contributed by atoms with Crippen molar-refractivity contribution in [3.8, 4) is 5.75 Å². The molecule has 1 heterocycles. The molecule has 0 radical (unpaired) electrons. The molecule has 5 heteroatoms. The molecule has 2 rings (SSSR count). The van der Waals surface area contributed by atoms with Crippen molar-refractivity contribution in [1.82, 2.24) is 9.78 Å². The summed E-state index contributed by atoms with van der Waals surface area (Å²) in [5.41, 5.74) is 1.67. The van der Waals surface area contributed by atoms with Gasteiger partial charge in [0.15, 0.2) is 0 Å². The average molecular weight is 250 g/mol. The fraction of sp³-hybridized carbons (Fsp3) is 0.250. The number of rotatable bonds is 3. The molecule has 0 saturated heterocycles. The first-order valence-corrected chi connectivity index (χ1v) is 6.03. The van der Waals surface area contributed by atoms with Crippen molar-refractivity contribution in [2.45, 2.75) is 23.5 Å². The van der Waals surface area contributed by atoms with E-state index in [1.807, 2.05) is 20.0 Å². The minimum Gasteiger partial charge on any atom is -0.508 e. The van der Waals surface area contributed by atoms with E-state index in [1.165, 1.54) is 11.8 Å². The van der Waals surface area contributed by atoms with Crippen LogP contribution in [0.1, 0.15) is 11.3 Å². The summed E-state index contributed by atoms with van der Waals surface area (Å²) in [6.45, 7) is 1.85. The van der Waals surface area contributed by atoms with Gasteiger partial charge in [-0.3, -0.25) is 4.68 Å². The summed E-state index contributed by atoms with van der Waals surface area (Å²) >= 11 is 1.48. The number of aromatic nitrogens is 2. The van der Waals surface area contributed by atoms with Crippen molar-refractivity contribution in [2.24, 2.45) is 7.05 Å². The lowest BCUT2D eigenvalue weighted by Crippen LogP contribution is -1.93. The van der Waals surface area contributed by atoms with Crippen LogP contribution >= 0.6 is 11.8 Å². The Morgan fingerprint density at radius 1 is 1.41 bits per heavy atom. The van der Waals surface area contributed by atoms with Crippen LogP contribution in [0.15, 0.2) is 34.2 Å². The third-order valence-electron chi connectivity index (χ3n) is 2.48. The molecule has 0 aliphatic carbocycles. The summed E-state index contributed by atoms with van der Waals surface area (Å²) in [6.07, 6.45) is 0. The van der Waals surface area contributed by atoms with E-state index in [0.717, 1.165) is 21.2 Å². The molecule has 0 atom stereocenters. The molecule has 0 bridgehead atoms. The Morgan fingerprint density at radius 2 is 2.18 bits per heavy atom. The van der Waals surface area contributed by atoms with Gasteiger partial charge < -0.3 is 10.2 Å². The largest absolute Gasteiger partial charge is 0.508 e. The topological polar surface area (TPSA) is 58.3 Å². The van der Waals surface area contributed by atoms with Gasteiger partial charge in [-0.2, -0.15) is 5.10 Å². The summed E-state index contributed by atoms with van der Waals surface area (Å²) in [7, 11) is 1.84. The summed E-state index contributed by atoms with van der Waals surface area (Å²) in [6, 6.07) is 7.02. The van der Waals surface area contributed by atoms with Gasteiger partial charge in [-0.15, -0.1) is 0 Å². The lowest BCUT2D eigenvalue weighted by Gasteiger charge is -2.04. The van der Waals surface area contributed by atoms with Crippen LogP contribution in [0.5, 0.6) is 5.75 Å². The van der Waals surface area contributed by atoms with Crippen LogP contribution in [-0.2, 0) is 13.7 Å². The van der Waals surface area contributed by atoms with Gasteiger partial charge >= 0.3 is 0 Å². The predicted molar refractivity (Wildman–Crippen MR) is 66.1 cm³/mol. The highest BCUT2D eigenvalue weighted by Gasteiger charge is 2.13. The molecule has 0 saturated carbocycles. The highest BCUT2D eigenvalue weighted by molar-refractivity contribution is 7.99. The van der Waals surface area contributed by atoms with E-state index in [2.05, 4.69) is 5.10 Å². The van der Waals surface area contributed by atoms with E-state index >= 15 is 0 Å². The zero-order valence-corrected chi connectivity index (χ0v) is 10.5. The molecule has 0 spiro atoms. The van der Waals surface area contributed by atoms with Gasteiger partial charge in [0.2, 0.25) is 0 Å². The molecule has 4 nitrogen and oxygen atoms in total. The highest BCUT2D eigenvalue weighted by Crippen LogP contribution is 2.32. The first kappa shape index (κ1) is 12.0. The van der Waals surface area contributed by atoms with Crippen LogP contribution in [0.4, 0.5) is 0 Å². The van der Waals surface area contributed by atoms with Crippen molar-refractivity contribution in [1.29, 1.82) is 0 Å². The van der Waals surface area contributed by atoms with Crippen molar-refractivity contribution in [2.75, 3.05) is 0 Å². The van der Waals surface area contributed by atoms with Crippen molar-refractivity contribution >= 4 is 11.8 Å². The van der Waals surface area contributed by atoms with Gasteiger partial charge in [-0.1, -0.05) is 17.8 Å². The smallest absolute Gasteiger partial charge is 0.116 e. The van der Waals surface area contributed by atoms with Crippen LogP contribution in [0, 0.1) is 6.92 Å². The summed E-state index contributed by atoms with van der Waals surface area (Å²) in [5, 5.41) is 23.9. The maximum atomic E-state index is 9.41. The zero-order chi connectivity index (χ0) is 12.4. The minimum atomic E-state index is -0.0270. The third-order valence-corrected chi connectivity index (χ3v) is 3.67. The number of aromatic hydroxyl groups is 1. The average Bonchev–Trinajstić information content (AvgIpc) is 2.53. The quantitative estimate of drug-likeness (QED) is 0.875. The number of aryl methyl sites for hydroxylation is 2. The Morgan fingerprint density at radius 3 is 2.82 bits per heavy atom. The lowest BCUT2D eigenvalue weighted by molar-refractivity contribution is 0.277. The molecule has 0 fully saturated rings. The molecule has 17 heavy (non-hydrogen) atoms. The van der Waals surface area contributed by atoms with Gasteiger partial charge in [0.05, 0.1) is 12.3 Å². The van der Waals surface area contributed by atoms with Crippen LogP contribution in [-0.4, -0.2) is 20.0 Å². The Kier molecular flexibility index (Phi) is 3.40. The summed E-state index contributed by atoms with van der Waals surface area (Å²) in [5.74, 6) is 0.236. The maximum Gasteiger partial charge on any atom is 0.116 e. The van der Waals surface area contributed by atoms with Crippen LogP contribution in [0.3, 0.4) is 0 Å². The minimum absolute atomic E-state index is 0.0270. The number of aliphatic hydroxyl groups excluding tert-OH is 1. The molecule has 90 valence electrons. The van der Waals surface area contributed by atoms with Crippen molar-refractivity contribution in [3.63, 3.8) is 0 Å². The normalized spacial score (nSPS) is 10.8. The second-order valence-electron chi connectivity index (χ2n) is 3.75. The number of nitrogens with zero attached hydrogens (tertiary/aromatic N) is 2. The van der Waals surface area contributed by atoms with Crippen LogP contribution in [0.25, 0.3) is 0 Å². The fourth-order valence-corrected chi connectivity index (χ4v) is 2.71. The Hall–Kier alpha value is -1.46. The van der Waals surface area contributed by atoms with Gasteiger partial charge in [0, 0.05) is 17.5 Å². The van der Waals surface area contributed by atoms with Gasteiger partial charge in [-0.25, -0.2) is 0 Å². The molecule has 1 aromatic heterocycles. The number of phenols is 1. The van der Waals surface area contributed by atoms with Crippen molar-refractivity contribution < 1.29 is 10.2 Å². The first-order chi connectivity index (χ1) is 8.11. The number of hydrogen-bond acceptors (Lipinski definition) is 4. The Labute approximate surface area is 104 Å². The Balaban J connectivity index is 2.36. The second kappa shape index (κ2) is 4.81. The lowest BCUT2D eigenvalue weighted by atomic mass is 10.3. The van der Waals surface area contributed by atoms with Crippen molar-refractivity contribution in [3.05, 3.63) is 35.5 Å². The third kappa shape index (κ3) is 2.45. The molecule has 0 aliphatic heterocycles. The fourth-order valence-electron chi connectivity index (χ4n) is 1.65. The van der Waals surface area contributed by atoms with Gasteiger partial charge in [0.1, 0.15) is 10.8 Å². The Bertz CT molecular complexity index is 537. The maximum absolute atomic E-state index is 9.41. The van der Waals surface area contributed by atoms with E-state index in [9.17, 15) is 10.2 Å². The molecule has 2 aromatic rings. The van der Waals surface area contributed by atoms with E-state index in [-0.39, 0.29) is 12.4 Å². The number of benzene rings is 1. The van der Waals surface area contributed by atoms with Crippen LogP contribution in [0.2, 0.25) is 0 Å². The molecule has 0 unspecified atom stereocenters. The predicted octanol–water partition coefficient (Wildman–Crippen LogP) is 2.08. The van der Waals surface area contributed by atoms with E-state index in [4.69, 9.17) is 0 Å². The summed E-state index contributed by atoms with van der Waals surface area (Å²) < 4.78 is 1.75. The first-order valence-electron chi connectivity index (χ1n) is 5.22. The van der Waals surface area contributed by atoms with E-state index in [1.54, 1.807) is 22.9 Å². The van der Waals surface area contributed by atoms with Gasteiger partial charge in [-0.05, 0) is 25.1 Å². The van der Waals surface area contributed by atoms with E-state index in [0.29, 0.717) is 0 Å². The summed E-state index contributed by atoms with van der Waals surface area (Å²) in [4.78, 5) is 0.919. The monoisotopic (exact) mass is 250 g/mol. The SMILES string of the molecule is Cc1nn(C)c(Sc2cccc(O)c2)c1CO.